The number of halogens is 3. The van der Waals surface area contributed by atoms with E-state index in [0.29, 0.717) is 16.7 Å². The highest BCUT2D eigenvalue weighted by molar-refractivity contribution is 7.99. The number of hydrogen-bond acceptors (Lipinski definition) is 3. The van der Waals surface area contributed by atoms with Crippen LogP contribution in [0.1, 0.15) is 11.3 Å². The van der Waals surface area contributed by atoms with Gasteiger partial charge in [0.05, 0.1) is 6.04 Å². The van der Waals surface area contributed by atoms with Gasteiger partial charge in [-0.2, -0.15) is 13.2 Å². The predicted molar refractivity (Wildman–Crippen MR) is 84.3 cm³/mol. The van der Waals surface area contributed by atoms with Gasteiger partial charge < -0.3 is 10.3 Å². The fourth-order valence-corrected chi connectivity index (χ4v) is 3.64. The van der Waals surface area contributed by atoms with E-state index in [-0.39, 0.29) is 30.5 Å². The standard InChI is InChI=1S/C15H16F3N3OS/c16-15(17,18)13-10(9-3-1-2-4-11(9)21-13)5-6-19-14(22)12-7-23-8-20-12/h1-4,12,20-21H,5-8H2,(H,19,22)/t12-/m1/s1. The number of rotatable bonds is 4. The van der Waals surface area contributed by atoms with Crippen LogP contribution in [0.3, 0.4) is 0 Å². The van der Waals surface area contributed by atoms with Gasteiger partial charge in [0.2, 0.25) is 5.91 Å². The van der Waals surface area contributed by atoms with Gasteiger partial charge in [0.1, 0.15) is 5.69 Å². The Morgan fingerprint density at radius 1 is 1.35 bits per heavy atom. The van der Waals surface area contributed by atoms with Crippen LogP contribution in [0, 0.1) is 0 Å². The first-order valence-corrected chi connectivity index (χ1v) is 8.38. The molecule has 1 aliphatic rings. The summed E-state index contributed by atoms with van der Waals surface area (Å²) in [4.78, 5) is 14.3. The Bertz CT molecular complexity index is 708. The van der Waals surface area contributed by atoms with Crippen molar-refractivity contribution in [2.24, 2.45) is 0 Å². The molecule has 124 valence electrons. The molecule has 23 heavy (non-hydrogen) atoms. The van der Waals surface area contributed by atoms with Crippen LogP contribution in [0.2, 0.25) is 0 Å². The minimum Gasteiger partial charge on any atom is -0.354 e. The Morgan fingerprint density at radius 2 is 2.13 bits per heavy atom. The van der Waals surface area contributed by atoms with E-state index in [2.05, 4.69) is 15.6 Å². The first kappa shape index (κ1) is 16.2. The number of fused-ring (bicyclic) bond motifs is 1. The molecule has 8 heteroatoms. The van der Waals surface area contributed by atoms with Crippen molar-refractivity contribution >= 4 is 28.6 Å². The fraction of sp³-hybridized carbons (Fsp3) is 0.400. The van der Waals surface area contributed by atoms with E-state index < -0.39 is 11.9 Å². The van der Waals surface area contributed by atoms with Crippen molar-refractivity contribution in [1.82, 2.24) is 15.6 Å². The molecule has 0 aliphatic carbocycles. The summed E-state index contributed by atoms with van der Waals surface area (Å²) >= 11 is 1.62. The molecule has 1 saturated heterocycles. The van der Waals surface area contributed by atoms with E-state index in [1.807, 2.05) is 0 Å². The van der Waals surface area contributed by atoms with Crippen molar-refractivity contribution in [3.05, 3.63) is 35.5 Å². The second-order valence-corrected chi connectivity index (χ2v) is 6.37. The maximum atomic E-state index is 13.2. The van der Waals surface area contributed by atoms with Gasteiger partial charge in [-0.3, -0.25) is 10.1 Å². The van der Waals surface area contributed by atoms with Gasteiger partial charge in [-0.15, -0.1) is 11.8 Å². The summed E-state index contributed by atoms with van der Waals surface area (Å²) in [6, 6.07) is 6.41. The van der Waals surface area contributed by atoms with Crippen LogP contribution >= 0.6 is 11.8 Å². The highest BCUT2D eigenvalue weighted by Crippen LogP contribution is 2.35. The zero-order chi connectivity index (χ0) is 16.4. The van der Waals surface area contributed by atoms with E-state index in [1.54, 1.807) is 36.0 Å². The molecule has 1 fully saturated rings. The summed E-state index contributed by atoms with van der Waals surface area (Å²) in [5, 5.41) is 6.29. The maximum absolute atomic E-state index is 13.2. The quantitative estimate of drug-likeness (QED) is 0.800. The number of aromatic amines is 1. The van der Waals surface area contributed by atoms with Crippen LogP contribution in [0.4, 0.5) is 13.2 Å². The summed E-state index contributed by atoms with van der Waals surface area (Å²) in [5.41, 5.74) is -0.0836. The van der Waals surface area contributed by atoms with Gasteiger partial charge in [-0.1, -0.05) is 18.2 Å². The smallest absolute Gasteiger partial charge is 0.354 e. The minimum atomic E-state index is -4.44. The van der Waals surface area contributed by atoms with E-state index in [4.69, 9.17) is 0 Å². The molecular formula is C15H16F3N3OS. The number of nitrogens with one attached hydrogen (secondary N) is 3. The first-order valence-electron chi connectivity index (χ1n) is 7.22. The molecule has 2 heterocycles. The lowest BCUT2D eigenvalue weighted by molar-refractivity contribution is -0.141. The number of amides is 1. The normalized spacial score (nSPS) is 18.5. The lowest BCUT2D eigenvalue weighted by Gasteiger charge is -2.12. The molecule has 0 unspecified atom stereocenters. The number of alkyl halides is 3. The molecule has 2 aromatic rings. The number of aromatic nitrogens is 1. The molecule has 0 bridgehead atoms. The minimum absolute atomic E-state index is 0.129. The molecule has 3 N–H and O–H groups in total. The van der Waals surface area contributed by atoms with E-state index in [0.717, 1.165) is 5.88 Å². The number of para-hydroxylation sites is 1. The summed E-state index contributed by atoms with van der Waals surface area (Å²) in [6.07, 6.45) is -4.31. The highest BCUT2D eigenvalue weighted by atomic mass is 32.2. The number of hydrogen-bond donors (Lipinski definition) is 3. The zero-order valence-corrected chi connectivity index (χ0v) is 13.0. The van der Waals surface area contributed by atoms with E-state index in [1.165, 1.54) is 0 Å². The third-order valence-corrected chi connectivity index (χ3v) is 4.74. The largest absolute Gasteiger partial charge is 0.431 e. The third-order valence-electron chi connectivity index (χ3n) is 3.80. The van der Waals surface area contributed by atoms with Crippen molar-refractivity contribution in [3.8, 4) is 0 Å². The van der Waals surface area contributed by atoms with Gasteiger partial charge in [0, 0.05) is 29.1 Å². The van der Waals surface area contributed by atoms with Gasteiger partial charge >= 0.3 is 6.18 Å². The Kier molecular flexibility index (Phi) is 4.54. The number of carbonyl (C=O) groups excluding carboxylic acids is 1. The van der Waals surface area contributed by atoms with Crippen LogP contribution in [-0.2, 0) is 17.4 Å². The molecule has 1 aromatic carbocycles. The molecule has 1 amide bonds. The van der Waals surface area contributed by atoms with Gasteiger partial charge in [0.15, 0.2) is 0 Å². The summed E-state index contributed by atoms with van der Waals surface area (Å²) in [5.74, 6) is 1.24. The van der Waals surface area contributed by atoms with Crippen LogP contribution in [-0.4, -0.2) is 35.1 Å². The van der Waals surface area contributed by atoms with E-state index in [9.17, 15) is 18.0 Å². The van der Waals surface area contributed by atoms with Crippen molar-refractivity contribution in [2.45, 2.75) is 18.6 Å². The Hall–Kier alpha value is -1.67. The average Bonchev–Trinajstić information content (AvgIpc) is 3.14. The van der Waals surface area contributed by atoms with Crippen molar-refractivity contribution in [1.29, 1.82) is 0 Å². The fourth-order valence-electron chi connectivity index (χ4n) is 2.70. The molecule has 1 aromatic heterocycles. The summed E-state index contributed by atoms with van der Waals surface area (Å²) < 4.78 is 39.6. The third kappa shape index (κ3) is 3.48. The topological polar surface area (TPSA) is 56.9 Å². The first-order chi connectivity index (χ1) is 11.0. The molecule has 0 spiro atoms. The number of carbonyl (C=O) groups is 1. The SMILES string of the molecule is O=C(NCCc1c(C(F)(F)F)[nH]c2ccccc12)[C@H]1CSCN1. The Morgan fingerprint density at radius 3 is 2.83 bits per heavy atom. The zero-order valence-electron chi connectivity index (χ0n) is 12.2. The van der Waals surface area contributed by atoms with Crippen molar-refractivity contribution in [2.75, 3.05) is 18.2 Å². The Labute approximate surface area is 135 Å². The maximum Gasteiger partial charge on any atom is 0.431 e. The van der Waals surface area contributed by atoms with Crippen LogP contribution < -0.4 is 10.6 Å². The second kappa shape index (κ2) is 6.45. The Balaban J connectivity index is 1.75. The lowest BCUT2D eigenvalue weighted by Crippen LogP contribution is -2.42. The highest BCUT2D eigenvalue weighted by Gasteiger charge is 2.36. The van der Waals surface area contributed by atoms with Gasteiger partial charge in [-0.25, -0.2) is 0 Å². The summed E-state index contributed by atoms with van der Waals surface area (Å²) in [6.45, 7) is 0.173. The summed E-state index contributed by atoms with van der Waals surface area (Å²) in [7, 11) is 0. The molecule has 0 saturated carbocycles. The average molecular weight is 343 g/mol. The lowest BCUT2D eigenvalue weighted by atomic mass is 10.1. The number of thioether (sulfide) groups is 1. The number of H-pyrrole nitrogens is 1. The molecule has 0 radical (unpaired) electrons. The monoisotopic (exact) mass is 343 g/mol. The predicted octanol–water partition coefficient (Wildman–Crippen LogP) is 2.51. The molecular weight excluding hydrogens is 327 g/mol. The molecule has 1 atom stereocenters. The van der Waals surface area contributed by atoms with Crippen LogP contribution in [0.15, 0.2) is 24.3 Å². The second-order valence-electron chi connectivity index (χ2n) is 5.33. The van der Waals surface area contributed by atoms with Gasteiger partial charge in [-0.05, 0) is 18.1 Å². The molecule has 4 nitrogen and oxygen atoms in total. The van der Waals surface area contributed by atoms with E-state index >= 15 is 0 Å². The van der Waals surface area contributed by atoms with Gasteiger partial charge in [0.25, 0.3) is 0 Å². The van der Waals surface area contributed by atoms with Crippen LogP contribution in [0.5, 0.6) is 0 Å². The van der Waals surface area contributed by atoms with Crippen LogP contribution in [0.25, 0.3) is 10.9 Å². The van der Waals surface area contributed by atoms with Crippen molar-refractivity contribution in [3.63, 3.8) is 0 Å². The molecule has 1 aliphatic heterocycles. The van der Waals surface area contributed by atoms with Crippen molar-refractivity contribution < 1.29 is 18.0 Å². The molecule has 3 rings (SSSR count). The number of benzene rings is 1.